The van der Waals surface area contributed by atoms with Crippen molar-refractivity contribution in [2.45, 2.75) is 64.5 Å². The molecule has 222 valence electrons. The van der Waals surface area contributed by atoms with Gasteiger partial charge in [-0.2, -0.15) is 0 Å². The molecule has 1 fully saturated rings. The van der Waals surface area contributed by atoms with Crippen molar-refractivity contribution in [2.75, 3.05) is 13.7 Å². The van der Waals surface area contributed by atoms with E-state index >= 15 is 0 Å². The SMILES string of the molecule is COc1ccc(C[C@H](CC(=O)[C@H](C)CC(=O)Cc2cnc(C)s2)C(=O)N[C@@H](Cc2ccccc2)C(=O)[C@@]2(C)CO2)cc1. The van der Waals surface area contributed by atoms with Crippen molar-refractivity contribution in [1.29, 1.82) is 0 Å². The largest absolute Gasteiger partial charge is 0.497 e. The molecule has 8 nitrogen and oxygen atoms in total. The topological polar surface area (TPSA) is 115 Å². The van der Waals surface area contributed by atoms with E-state index in [1.165, 1.54) is 11.3 Å². The highest BCUT2D eigenvalue weighted by Crippen LogP contribution is 2.29. The first-order chi connectivity index (χ1) is 20.1. The van der Waals surface area contributed by atoms with E-state index in [-0.39, 0.29) is 42.5 Å². The zero-order valence-electron chi connectivity index (χ0n) is 24.6. The minimum atomic E-state index is -0.917. The lowest BCUT2D eigenvalue weighted by molar-refractivity contribution is -0.134. The van der Waals surface area contributed by atoms with Gasteiger partial charge in [0.2, 0.25) is 5.91 Å². The van der Waals surface area contributed by atoms with Gasteiger partial charge in [-0.3, -0.25) is 19.2 Å². The maximum absolute atomic E-state index is 13.8. The van der Waals surface area contributed by atoms with Crippen LogP contribution in [0, 0.1) is 18.8 Å². The molecule has 2 aromatic carbocycles. The lowest BCUT2D eigenvalue weighted by Crippen LogP contribution is -2.49. The quantitative estimate of drug-likeness (QED) is 0.244. The Morgan fingerprint density at radius 1 is 1.02 bits per heavy atom. The van der Waals surface area contributed by atoms with Gasteiger partial charge < -0.3 is 14.8 Å². The summed E-state index contributed by atoms with van der Waals surface area (Å²) in [6, 6.07) is 16.0. The van der Waals surface area contributed by atoms with Crippen molar-refractivity contribution in [2.24, 2.45) is 11.8 Å². The number of aryl methyl sites for hydroxylation is 1. The molecule has 2 heterocycles. The van der Waals surface area contributed by atoms with Crippen LogP contribution in [0.15, 0.2) is 60.8 Å². The molecular formula is C33H38N2O6S. The Kier molecular flexibility index (Phi) is 10.4. The molecule has 0 aliphatic carbocycles. The van der Waals surface area contributed by atoms with Crippen LogP contribution >= 0.6 is 11.3 Å². The van der Waals surface area contributed by atoms with Crippen molar-refractivity contribution in [3.05, 3.63) is 81.8 Å². The standard InChI is InChI=1S/C33H38N2O6S/c1-21(14-26(36)18-28-19-34-22(2)42-28)30(37)17-25(15-24-10-12-27(40-4)13-11-24)32(39)35-29(31(38)33(3)20-41-33)16-23-8-6-5-7-9-23/h5-13,19,21,25,29H,14-18,20H2,1-4H3,(H,35,39)/t21-,25-,29+,33-/m1/s1. The van der Waals surface area contributed by atoms with E-state index in [1.54, 1.807) is 27.2 Å². The fourth-order valence-electron chi connectivity index (χ4n) is 4.92. The summed E-state index contributed by atoms with van der Waals surface area (Å²) in [6.07, 6.45) is 2.59. The van der Waals surface area contributed by atoms with Crippen LogP contribution in [-0.4, -0.2) is 53.6 Å². The molecule has 1 aromatic heterocycles. The zero-order chi connectivity index (χ0) is 30.3. The molecule has 0 radical (unpaired) electrons. The van der Waals surface area contributed by atoms with E-state index in [0.717, 1.165) is 21.0 Å². The maximum Gasteiger partial charge on any atom is 0.224 e. The van der Waals surface area contributed by atoms with Crippen molar-refractivity contribution in [3.63, 3.8) is 0 Å². The Morgan fingerprint density at radius 3 is 2.29 bits per heavy atom. The van der Waals surface area contributed by atoms with E-state index in [4.69, 9.17) is 9.47 Å². The van der Waals surface area contributed by atoms with Gasteiger partial charge in [0, 0.05) is 42.2 Å². The smallest absolute Gasteiger partial charge is 0.224 e. The molecule has 1 N–H and O–H groups in total. The van der Waals surface area contributed by atoms with Gasteiger partial charge >= 0.3 is 0 Å². The number of thiazole rings is 1. The minimum absolute atomic E-state index is 0.0399. The summed E-state index contributed by atoms with van der Waals surface area (Å²) in [5.41, 5.74) is 0.849. The molecule has 0 bridgehead atoms. The predicted molar refractivity (Wildman–Crippen MR) is 161 cm³/mol. The summed E-state index contributed by atoms with van der Waals surface area (Å²) < 4.78 is 10.7. The number of ether oxygens (including phenoxy) is 2. The van der Waals surface area contributed by atoms with E-state index in [2.05, 4.69) is 10.3 Å². The number of epoxide rings is 1. The summed E-state index contributed by atoms with van der Waals surface area (Å²) >= 11 is 1.47. The number of methoxy groups -OCH3 is 1. The number of rotatable bonds is 16. The molecule has 4 rings (SSSR count). The second-order valence-corrected chi connectivity index (χ2v) is 12.5. The molecule has 3 aromatic rings. The van der Waals surface area contributed by atoms with E-state index < -0.39 is 23.5 Å². The highest BCUT2D eigenvalue weighted by Gasteiger charge is 2.50. The molecule has 9 heteroatoms. The molecule has 0 saturated carbocycles. The summed E-state index contributed by atoms with van der Waals surface area (Å²) in [4.78, 5) is 58.3. The number of hydrogen-bond acceptors (Lipinski definition) is 8. The second kappa shape index (κ2) is 14.0. The number of Topliss-reactive ketones (excluding diaryl/α,β-unsaturated/α-hetero) is 3. The first-order valence-corrected chi connectivity index (χ1v) is 15.0. The van der Waals surface area contributed by atoms with Gasteiger partial charge in [0.1, 0.15) is 22.9 Å². The van der Waals surface area contributed by atoms with Gasteiger partial charge in [-0.1, -0.05) is 49.4 Å². The van der Waals surface area contributed by atoms with Crippen molar-refractivity contribution < 1.29 is 28.7 Å². The molecule has 0 unspecified atom stereocenters. The van der Waals surface area contributed by atoms with Crippen LogP contribution in [0.2, 0.25) is 0 Å². The Balaban J connectivity index is 1.48. The molecular weight excluding hydrogens is 552 g/mol. The zero-order valence-corrected chi connectivity index (χ0v) is 25.4. The number of hydrogen-bond donors (Lipinski definition) is 1. The average molecular weight is 591 g/mol. The maximum atomic E-state index is 13.8. The van der Waals surface area contributed by atoms with Crippen LogP contribution in [0.5, 0.6) is 5.75 Å². The van der Waals surface area contributed by atoms with Gasteiger partial charge in [-0.25, -0.2) is 4.98 Å². The number of ketones is 3. The molecule has 1 aliphatic heterocycles. The van der Waals surface area contributed by atoms with Gasteiger partial charge in [-0.05, 0) is 49.9 Å². The third kappa shape index (κ3) is 8.66. The molecule has 1 saturated heterocycles. The lowest BCUT2D eigenvalue weighted by Gasteiger charge is -2.24. The Labute approximate surface area is 250 Å². The molecule has 0 spiro atoms. The lowest BCUT2D eigenvalue weighted by atomic mass is 9.87. The predicted octanol–water partition coefficient (Wildman–Crippen LogP) is 4.50. The molecule has 42 heavy (non-hydrogen) atoms. The van der Waals surface area contributed by atoms with Crippen LogP contribution in [0.1, 0.15) is 47.7 Å². The van der Waals surface area contributed by atoms with Crippen LogP contribution in [0.4, 0.5) is 0 Å². The fraction of sp³-hybridized carbons (Fsp3) is 0.424. The second-order valence-electron chi connectivity index (χ2n) is 11.2. The minimum Gasteiger partial charge on any atom is -0.497 e. The van der Waals surface area contributed by atoms with Gasteiger partial charge in [0.05, 0.1) is 24.8 Å². The summed E-state index contributed by atoms with van der Waals surface area (Å²) in [7, 11) is 1.58. The number of nitrogens with one attached hydrogen (secondary N) is 1. The summed E-state index contributed by atoms with van der Waals surface area (Å²) in [5.74, 6) is -1.36. The van der Waals surface area contributed by atoms with Crippen molar-refractivity contribution in [1.82, 2.24) is 10.3 Å². The number of benzene rings is 2. The van der Waals surface area contributed by atoms with Gasteiger partial charge in [-0.15, -0.1) is 11.3 Å². The number of amides is 1. The monoisotopic (exact) mass is 590 g/mol. The summed E-state index contributed by atoms with van der Waals surface area (Å²) in [5, 5.41) is 3.85. The first-order valence-electron chi connectivity index (χ1n) is 14.2. The van der Waals surface area contributed by atoms with E-state index in [1.807, 2.05) is 61.5 Å². The Bertz CT molecular complexity index is 1400. The van der Waals surface area contributed by atoms with Gasteiger partial charge in [0.15, 0.2) is 5.78 Å². The molecule has 4 atom stereocenters. The van der Waals surface area contributed by atoms with Gasteiger partial charge in [0.25, 0.3) is 0 Å². The number of nitrogens with zero attached hydrogens (tertiary/aromatic N) is 1. The van der Waals surface area contributed by atoms with Crippen molar-refractivity contribution >= 4 is 34.6 Å². The number of aromatic nitrogens is 1. The van der Waals surface area contributed by atoms with Crippen LogP contribution < -0.4 is 10.1 Å². The van der Waals surface area contributed by atoms with Crippen molar-refractivity contribution in [3.8, 4) is 5.75 Å². The number of carbonyl (C=O) groups is 4. The highest BCUT2D eigenvalue weighted by atomic mass is 32.1. The summed E-state index contributed by atoms with van der Waals surface area (Å²) in [6.45, 7) is 5.65. The van der Waals surface area contributed by atoms with Crippen LogP contribution in [0.3, 0.4) is 0 Å². The highest BCUT2D eigenvalue weighted by molar-refractivity contribution is 7.11. The number of carbonyl (C=O) groups excluding carboxylic acids is 4. The average Bonchev–Trinajstić information content (AvgIpc) is 3.60. The first kappa shape index (κ1) is 31.3. The molecule has 1 aliphatic rings. The fourth-order valence-corrected chi connectivity index (χ4v) is 5.75. The normalized spacial score (nSPS) is 18.0. The van der Waals surface area contributed by atoms with Crippen LogP contribution in [0.25, 0.3) is 0 Å². The van der Waals surface area contributed by atoms with E-state index in [9.17, 15) is 19.2 Å². The van der Waals surface area contributed by atoms with E-state index in [0.29, 0.717) is 25.2 Å². The Hall–Kier alpha value is -3.69. The molecule has 1 amide bonds. The third-order valence-electron chi connectivity index (χ3n) is 7.60. The third-order valence-corrected chi connectivity index (χ3v) is 8.51. The van der Waals surface area contributed by atoms with Crippen LogP contribution in [-0.2, 0) is 43.2 Å². The Morgan fingerprint density at radius 2 is 1.69 bits per heavy atom.